The third-order valence-corrected chi connectivity index (χ3v) is 3.00. The molecule has 2 N–H and O–H groups in total. The number of rotatable bonds is 6. The Hall–Kier alpha value is -2.14. The Balaban J connectivity index is 2.03. The summed E-state index contributed by atoms with van der Waals surface area (Å²) >= 11 is 0. The van der Waals surface area contributed by atoms with Crippen LogP contribution in [0.5, 0.6) is 0 Å². The summed E-state index contributed by atoms with van der Waals surface area (Å²) in [4.78, 5) is 15.9. The first kappa shape index (κ1) is 14.3. The van der Waals surface area contributed by atoms with Gasteiger partial charge >= 0.3 is 5.97 Å². The topological polar surface area (TPSA) is 70.1 Å². The summed E-state index contributed by atoms with van der Waals surface area (Å²) in [5.74, 6) is -0.363. The van der Waals surface area contributed by atoms with Gasteiger partial charge in [0.2, 0.25) is 0 Å². The number of pyridine rings is 1. The van der Waals surface area contributed by atoms with Crippen molar-refractivity contribution in [1.29, 1.82) is 0 Å². The van der Waals surface area contributed by atoms with E-state index in [4.69, 9.17) is 10.5 Å². The Morgan fingerprint density at radius 3 is 2.95 bits per heavy atom. The van der Waals surface area contributed by atoms with E-state index >= 15 is 0 Å². The van der Waals surface area contributed by atoms with Crippen molar-refractivity contribution in [2.24, 2.45) is 5.73 Å². The monoisotopic (exact) mass is 273 g/mol. The smallest absolute Gasteiger partial charge is 0.323 e. The zero-order chi connectivity index (χ0) is 14.4. The summed E-state index contributed by atoms with van der Waals surface area (Å²) < 4.78 is 6.97. The lowest BCUT2D eigenvalue weighted by atomic mass is 10.1. The molecular weight excluding hydrogens is 254 g/mol. The summed E-state index contributed by atoms with van der Waals surface area (Å²) in [5, 5.41) is 0. The fourth-order valence-electron chi connectivity index (χ4n) is 2.01. The van der Waals surface area contributed by atoms with Crippen molar-refractivity contribution in [1.82, 2.24) is 9.55 Å². The molecule has 20 heavy (non-hydrogen) atoms. The predicted octanol–water partition coefficient (Wildman–Crippen LogP) is 1.36. The van der Waals surface area contributed by atoms with Gasteiger partial charge in [0.25, 0.3) is 0 Å². The number of ether oxygens (including phenoxy) is 1. The highest BCUT2D eigenvalue weighted by molar-refractivity contribution is 5.75. The Bertz CT molecular complexity index is 551. The standard InChI is InChI=1S/C15H19N3O2/c1-2-20-15(19)14(16)10-13-7-5-9-18(13)11-12-6-3-4-8-17-12/h3-9,14H,2,10-11,16H2,1H3. The fourth-order valence-corrected chi connectivity index (χ4v) is 2.01. The Morgan fingerprint density at radius 2 is 2.25 bits per heavy atom. The molecular formula is C15H19N3O2. The second-order valence-electron chi connectivity index (χ2n) is 4.51. The number of esters is 1. The van der Waals surface area contributed by atoms with Crippen LogP contribution in [0.15, 0.2) is 42.7 Å². The second kappa shape index (κ2) is 6.86. The molecule has 5 heteroatoms. The normalized spacial score (nSPS) is 12.1. The molecule has 0 saturated carbocycles. The molecule has 2 aromatic rings. The maximum Gasteiger partial charge on any atom is 0.323 e. The van der Waals surface area contributed by atoms with Crippen molar-refractivity contribution in [2.45, 2.75) is 25.9 Å². The van der Waals surface area contributed by atoms with Gasteiger partial charge in [-0.1, -0.05) is 6.07 Å². The molecule has 0 aliphatic rings. The number of hydrogen-bond donors (Lipinski definition) is 1. The average Bonchev–Trinajstić information content (AvgIpc) is 2.87. The third kappa shape index (κ3) is 3.68. The molecule has 0 radical (unpaired) electrons. The molecule has 5 nitrogen and oxygen atoms in total. The SMILES string of the molecule is CCOC(=O)C(N)Cc1cccn1Cc1ccccn1. The van der Waals surface area contributed by atoms with Gasteiger partial charge in [0.05, 0.1) is 18.8 Å². The van der Waals surface area contributed by atoms with Gasteiger partial charge in [-0.05, 0) is 31.2 Å². The highest BCUT2D eigenvalue weighted by Gasteiger charge is 2.16. The summed E-state index contributed by atoms with van der Waals surface area (Å²) in [6, 6.07) is 9.08. The predicted molar refractivity (Wildman–Crippen MR) is 76.1 cm³/mol. The molecule has 0 aromatic carbocycles. The van der Waals surface area contributed by atoms with E-state index in [1.165, 1.54) is 0 Å². The Labute approximate surface area is 118 Å². The molecule has 0 amide bonds. The van der Waals surface area contributed by atoms with Crippen molar-refractivity contribution in [3.63, 3.8) is 0 Å². The molecule has 0 aliphatic heterocycles. The minimum absolute atomic E-state index is 0.349. The van der Waals surface area contributed by atoms with E-state index in [0.717, 1.165) is 11.4 Å². The van der Waals surface area contributed by atoms with Crippen LogP contribution in [0.25, 0.3) is 0 Å². The third-order valence-electron chi connectivity index (χ3n) is 3.00. The zero-order valence-corrected chi connectivity index (χ0v) is 11.5. The van der Waals surface area contributed by atoms with Gasteiger partial charge in [-0.15, -0.1) is 0 Å². The van der Waals surface area contributed by atoms with Gasteiger partial charge in [0.15, 0.2) is 0 Å². The van der Waals surface area contributed by atoms with Crippen LogP contribution in [0, 0.1) is 0 Å². The molecule has 1 atom stereocenters. The van der Waals surface area contributed by atoms with Gasteiger partial charge in [0.1, 0.15) is 6.04 Å². The van der Waals surface area contributed by atoms with Gasteiger partial charge in [-0.2, -0.15) is 0 Å². The summed E-state index contributed by atoms with van der Waals surface area (Å²) in [5.41, 5.74) is 7.82. The summed E-state index contributed by atoms with van der Waals surface area (Å²) in [6.45, 7) is 2.79. The molecule has 106 valence electrons. The highest BCUT2D eigenvalue weighted by Crippen LogP contribution is 2.08. The average molecular weight is 273 g/mol. The van der Waals surface area contributed by atoms with Crippen LogP contribution in [0.4, 0.5) is 0 Å². The first-order valence-corrected chi connectivity index (χ1v) is 6.67. The van der Waals surface area contributed by atoms with Crippen LogP contribution < -0.4 is 5.73 Å². The van der Waals surface area contributed by atoms with Crippen molar-refractivity contribution >= 4 is 5.97 Å². The van der Waals surface area contributed by atoms with E-state index in [1.807, 2.05) is 41.1 Å². The Morgan fingerprint density at radius 1 is 1.40 bits per heavy atom. The van der Waals surface area contributed by atoms with E-state index in [1.54, 1.807) is 13.1 Å². The summed E-state index contributed by atoms with van der Waals surface area (Å²) in [7, 11) is 0. The minimum Gasteiger partial charge on any atom is -0.465 e. The molecule has 2 heterocycles. The van der Waals surface area contributed by atoms with E-state index < -0.39 is 6.04 Å². The first-order valence-electron chi connectivity index (χ1n) is 6.67. The van der Waals surface area contributed by atoms with Gasteiger partial charge in [-0.25, -0.2) is 0 Å². The minimum atomic E-state index is -0.632. The zero-order valence-electron chi connectivity index (χ0n) is 11.5. The highest BCUT2D eigenvalue weighted by atomic mass is 16.5. The van der Waals surface area contributed by atoms with Crippen LogP contribution in [-0.2, 0) is 22.5 Å². The maximum absolute atomic E-state index is 11.6. The van der Waals surface area contributed by atoms with Crippen molar-refractivity contribution in [3.05, 3.63) is 54.1 Å². The van der Waals surface area contributed by atoms with Crippen molar-refractivity contribution in [3.8, 4) is 0 Å². The molecule has 0 saturated heterocycles. The molecule has 0 spiro atoms. The molecule has 0 fully saturated rings. The van der Waals surface area contributed by atoms with E-state index in [9.17, 15) is 4.79 Å². The number of nitrogens with two attached hydrogens (primary N) is 1. The van der Waals surface area contributed by atoms with Crippen molar-refractivity contribution in [2.75, 3.05) is 6.61 Å². The van der Waals surface area contributed by atoms with Gasteiger partial charge in [-0.3, -0.25) is 9.78 Å². The largest absolute Gasteiger partial charge is 0.465 e. The maximum atomic E-state index is 11.6. The van der Waals surface area contributed by atoms with Crippen LogP contribution >= 0.6 is 0 Å². The number of nitrogens with zero attached hydrogens (tertiary/aromatic N) is 2. The van der Waals surface area contributed by atoms with Gasteiger partial charge < -0.3 is 15.0 Å². The molecule has 2 rings (SSSR count). The lowest BCUT2D eigenvalue weighted by molar-refractivity contribution is -0.144. The second-order valence-corrected chi connectivity index (χ2v) is 4.51. The first-order chi connectivity index (χ1) is 9.70. The van der Waals surface area contributed by atoms with Gasteiger partial charge in [0, 0.05) is 24.5 Å². The molecule has 1 unspecified atom stereocenters. The molecule has 0 aliphatic carbocycles. The molecule has 0 bridgehead atoms. The fraction of sp³-hybridized carbons (Fsp3) is 0.333. The lowest BCUT2D eigenvalue weighted by Crippen LogP contribution is -2.35. The number of carbonyl (C=O) groups is 1. The quantitative estimate of drug-likeness (QED) is 0.807. The lowest BCUT2D eigenvalue weighted by Gasteiger charge is -2.13. The van der Waals surface area contributed by atoms with E-state index in [2.05, 4.69) is 4.98 Å². The number of carbonyl (C=O) groups excluding carboxylic acids is 1. The summed E-state index contributed by atoms with van der Waals surface area (Å²) in [6.07, 6.45) is 4.18. The van der Waals surface area contributed by atoms with E-state index in [0.29, 0.717) is 19.6 Å². The van der Waals surface area contributed by atoms with Crippen molar-refractivity contribution < 1.29 is 9.53 Å². The van der Waals surface area contributed by atoms with Crippen LogP contribution in [0.1, 0.15) is 18.3 Å². The van der Waals surface area contributed by atoms with Crippen LogP contribution in [-0.4, -0.2) is 28.2 Å². The van der Waals surface area contributed by atoms with Crippen LogP contribution in [0.2, 0.25) is 0 Å². The molecule has 2 aromatic heterocycles. The van der Waals surface area contributed by atoms with Crippen LogP contribution in [0.3, 0.4) is 0 Å². The Kier molecular flexibility index (Phi) is 4.90. The van der Waals surface area contributed by atoms with E-state index in [-0.39, 0.29) is 5.97 Å². The number of aromatic nitrogens is 2. The number of hydrogen-bond acceptors (Lipinski definition) is 4.